The number of nitrogens with zero attached hydrogens (tertiary/aromatic N) is 1. The van der Waals surface area contributed by atoms with Crippen molar-refractivity contribution in [2.75, 3.05) is 0 Å². The summed E-state index contributed by atoms with van der Waals surface area (Å²) in [6.45, 7) is 0. The molecule has 2 rings (SSSR count). The van der Waals surface area contributed by atoms with E-state index in [4.69, 9.17) is 40.5 Å². The summed E-state index contributed by atoms with van der Waals surface area (Å²) in [5, 5.41) is 0.626. The average Bonchev–Trinajstić information content (AvgIpc) is 2.41. The highest BCUT2D eigenvalue weighted by molar-refractivity contribution is 6.44. The number of primary amides is 1. The first kappa shape index (κ1) is 14.1. The number of alkyl halides is 1. The molecule has 19 heavy (non-hydrogen) atoms. The number of rotatable bonds is 3. The van der Waals surface area contributed by atoms with Gasteiger partial charge >= 0.3 is 0 Å². The van der Waals surface area contributed by atoms with Gasteiger partial charge in [0.1, 0.15) is 0 Å². The van der Waals surface area contributed by atoms with Crippen LogP contribution in [0.4, 0.5) is 0 Å². The lowest BCUT2D eigenvalue weighted by Gasteiger charge is -2.10. The van der Waals surface area contributed by atoms with Gasteiger partial charge in [0.15, 0.2) is 0 Å². The fraction of sp³-hybridized carbons (Fsp3) is 0.0769. The van der Waals surface area contributed by atoms with Crippen molar-refractivity contribution in [3.05, 3.63) is 51.8 Å². The molecular weight excluding hydrogens is 307 g/mol. The molecule has 2 aromatic rings. The van der Waals surface area contributed by atoms with Crippen LogP contribution in [0.1, 0.15) is 16.1 Å². The monoisotopic (exact) mass is 314 g/mol. The Morgan fingerprint density at radius 1 is 1.21 bits per heavy atom. The van der Waals surface area contributed by atoms with Gasteiger partial charge in [0.25, 0.3) is 0 Å². The normalized spacial score (nSPS) is 10.5. The van der Waals surface area contributed by atoms with E-state index in [9.17, 15) is 4.79 Å². The van der Waals surface area contributed by atoms with Gasteiger partial charge in [-0.25, -0.2) is 0 Å². The van der Waals surface area contributed by atoms with Crippen LogP contribution in [0, 0.1) is 0 Å². The molecule has 1 amide bonds. The van der Waals surface area contributed by atoms with Gasteiger partial charge in [-0.05, 0) is 18.2 Å². The standard InChI is InChI=1S/C13H9Cl3N2O/c14-5-8-2-1-7(6-18-8)11-9(13(17)19)3-4-10(15)12(11)16/h1-4,6H,5H2,(H2,17,19). The molecule has 0 aliphatic carbocycles. The number of benzene rings is 1. The zero-order valence-corrected chi connectivity index (χ0v) is 11.9. The van der Waals surface area contributed by atoms with E-state index in [1.165, 1.54) is 6.07 Å². The summed E-state index contributed by atoms with van der Waals surface area (Å²) in [6, 6.07) is 6.61. The van der Waals surface area contributed by atoms with Crippen molar-refractivity contribution in [1.82, 2.24) is 4.98 Å². The highest BCUT2D eigenvalue weighted by Gasteiger charge is 2.16. The number of carbonyl (C=O) groups excluding carboxylic acids is 1. The van der Waals surface area contributed by atoms with Crippen LogP contribution >= 0.6 is 34.8 Å². The Morgan fingerprint density at radius 3 is 2.47 bits per heavy atom. The van der Waals surface area contributed by atoms with Gasteiger partial charge in [-0.2, -0.15) is 0 Å². The second-order valence-corrected chi connectivity index (χ2v) is 4.87. The molecule has 1 aromatic heterocycles. The largest absolute Gasteiger partial charge is 0.366 e. The molecule has 3 nitrogen and oxygen atoms in total. The van der Waals surface area contributed by atoms with Crippen molar-refractivity contribution in [2.24, 2.45) is 5.73 Å². The zero-order valence-electron chi connectivity index (χ0n) is 9.66. The molecule has 0 bridgehead atoms. The number of hydrogen-bond acceptors (Lipinski definition) is 2. The van der Waals surface area contributed by atoms with Crippen LogP contribution < -0.4 is 5.73 Å². The number of nitrogens with two attached hydrogens (primary N) is 1. The van der Waals surface area contributed by atoms with Crippen LogP contribution in [0.3, 0.4) is 0 Å². The Bertz CT molecular complexity index is 627. The van der Waals surface area contributed by atoms with Gasteiger partial charge in [-0.3, -0.25) is 9.78 Å². The van der Waals surface area contributed by atoms with Crippen molar-refractivity contribution in [2.45, 2.75) is 5.88 Å². The van der Waals surface area contributed by atoms with Crippen LogP contribution in [0.5, 0.6) is 0 Å². The van der Waals surface area contributed by atoms with Gasteiger partial charge in [-0.15, -0.1) is 11.6 Å². The maximum absolute atomic E-state index is 11.5. The van der Waals surface area contributed by atoms with E-state index < -0.39 is 5.91 Å². The number of hydrogen-bond donors (Lipinski definition) is 1. The zero-order chi connectivity index (χ0) is 14.0. The van der Waals surface area contributed by atoms with E-state index in [1.54, 1.807) is 24.4 Å². The van der Waals surface area contributed by atoms with Crippen LogP contribution in [0.15, 0.2) is 30.5 Å². The molecule has 0 aliphatic heterocycles. The summed E-state index contributed by atoms with van der Waals surface area (Å²) in [7, 11) is 0. The van der Waals surface area contributed by atoms with E-state index in [0.717, 1.165) is 5.69 Å². The minimum atomic E-state index is -0.574. The van der Waals surface area contributed by atoms with Crippen molar-refractivity contribution in [3.63, 3.8) is 0 Å². The highest BCUT2D eigenvalue weighted by Crippen LogP contribution is 2.36. The van der Waals surface area contributed by atoms with Crippen molar-refractivity contribution in [1.29, 1.82) is 0 Å². The summed E-state index contributed by atoms with van der Waals surface area (Å²) >= 11 is 17.8. The number of halogens is 3. The molecule has 0 radical (unpaired) electrons. The third kappa shape index (κ3) is 2.84. The maximum Gasteiger partial charge on any atom is 0.249 e. The smallest absolute Gasteiger partial charge is 0.249 e. The van der Waals surface area contributed by atoms with Crippen molar-refractivity contribution in [3.8, 4) is 11.1 Å². The molecule has 0 saturated heterocycles. The molecule has 6 heteroatoms. The molecule has 1 aromatic carbocycles. The van der Waals surface area contributed by atoms with E-state index in [0.29, 0.717) is 27.6 Å². The van der Waals surface area contributed by atoms with E-state index in [-0.39, 0.29) is 5.02 Å². The number of pyridine rings is 1. The van der Waals surface area contributed by atoms with Gasteiger partial charge in [0.05, 0.1) is 21.6 Å². The first-order valence-corrected chi connectivity index (χ1v) is 6.62. The molecule has 0 fully saturated rings. The lowest BCUT2D eigenvalue weighted by molar-refractivity contribution is 0.100. The molecule has 2 N–H and O–H groups in total. The molecule has 0 unspecified atom stereocenters. The molecule has 0 aliphatic rings. The Labute approximate surface area is 125 Å². The van der Waals surface area contributed by atoms with Crippen molar-refractivity contribution < 1.29 is 4.79 Å². The topological polar surface area (TPSA) is 56.0 Å². The first-order chi connectivity index (χ1) is 9.04. The van der Waals surface area contributed by atoms with Crippen LogP contribution in [0.2, 0.25) is 10.0 Å². The Morgan fingerprint density at radius 2 is 1.95 bits per heavy atom. The second kappa shape index (κ2) is 5.78. The molecule has 0 atom stereocenters. The minimum Gasteiger partial charge on any atom is -0.366 e. The average molecular weight is 316 g/mol. The SMILES string of the molecule is NC(=O)c1ccc(Cl)c(Cl)c1-c1ccc(CCl)nc1. The molecule has 1 heterocycles. The lowest BCUT2D eigenvalue weighted by Crippen LogP contribution is -2.12. The summed E-state index contributed by atoms with van der Waals surface area (Å²) in [4.78, 5) is 15.6. The molecule has 0 saturated carbocycles. The molecular formula is C13H9Cl3N2O. The van der Waals surface area contributed by atoms with E-state index in [2.05, 4.69) is 4.98 Å². The summed E-state index contributed by atoms with van der Waals surface area (Å²) in [5.41, 5.74) is 7.52. The van der Waals surface area contributed by atoms with Crippen LogP contribution in [-0.2, 0) is 5.88 Å². The van der Waals surface area contributed by atoms with Gasteiger partial charge < -0.3 is 5.73 Å². The Kier molecular flexibility index (Phi) is 4.30. The first-order valence-electron chi connectivity index (χ1n) is 5.33. The maximum atomic E-state index is 11.5. The summed E-state index contributed by atoms with van der Waals surface area (Å²) < 4.78 is 0. The van der Waals surface area contributed by atoms with Gasteiger partial charge in [0, 0.05) is 22.9 Å². The number of aromatic nitrogens is 1. The summed E-state index contributed by atoms with van der Waals surface area (Å²) in [5.74, 6) is -0.262. The van der Waals surface area contributed by atoms with E-state index in [1.807, 2.05) is 0 Å². The predicted octanol–water partition coefficient (Wildman–Crippen LogP) is 3.89. The quantitative estimate of drug-likeness (QED) is 0.874. The Balaban J connectivity index is 2.65. The van der Waals surface area contributed by atoms with Gasteiger partial charge in [0.2, 0.25) is 5.91 Å². The third-order valence-electron chi connectivity index (χ3n) is 2.61. The fourth-order valence-corrected chi connectivity index (χ4v) is 2.28. The highest BCUT2D eigenvalue weighted by atomic mass is 35.5. The van der Waals surface area contributed by atoms with Crippen LogP contribution in [-0.4, -0.2) is 10.9 Å². The number of amides is 1. The Hall–Kier alpha value is -1.29. The number of carbonyl (C=O) groups is 1. The fourth-order valence-electron chi connectivity index (χ4n) is 1.69. The van der Waals surface area contributed by atoms with Gasteiger partial charge in [-0.1, -0.05) is 29.3 Å². The minimum absolute atomic E-state index is 0.276. The second-order valence-electron chi connectivity index (χ2n) is 3.82. The van der Waals surface area contributed by atoms with E-state index >= 15 is 0 Å². The predicted molar refractivity (Wildman–Crippen MR) is 77.8 cm³/mol. The molecule has 98 valence electrons. The van der Waals surface area contributed by atoms with Crippen molar-refractivity contribution >= 4 is 40.7 Å². The van der Waals surface area contributed by atoms with Crippen LogP contribution in [0.25, 0.3) is 11.1 Å². The summed E-state index contributed by atoms with van der Waals surface area (Å²) in [6.07, 6.45) is 1.59. The lowest BCUT2D eigenvalue weighted by atomic mass is 10.0. The third-order valence-corrected chi connectivity index (χ3v) is 3.69. The molecule has 0 spiro atoms.